The fraction of sp³-hybridized carbons (Fsp3) is 0.650. The molecule has 0 fully saturated rings. The van der Waals surface area contributed by atoms with Crippen LogP contribution in [0.2, 0.25) is 0 Å². The van der Waals surface area contributed by atoms with E-state index in [1.165, 1.54) is 13.1 Å². The highest BCUT2D eigenvalue weighted by Gasteiger charge is 2.27. The van der Waals surface area contributed by atoms with Crippen molar-refractivity contribution >= 4 is 17.8 Å². The molecule has 182 valence electrons. The van der Waals surface area contributed by atoms with Gasteiger partial charge in [-0.3, -0.25) is 28.7 Å². The molecule has 0 aliphatic rings. The molecule has 0 aromatic carbocycles. The van der Waals surface area contributed by atoms with Crippen molar-refractivity contribution in [2.45, 2.75) is 59.5 Å². The molecule has 3 N–H and O–H groups in total. The summed E-state index contributed by atoms with van der Waals surface area (Å²) >= 11 is 0. The SMILES string of the molecule is Cc1cn(CC(=O)N(CC(=O)O)CC(CCCCN=[N+]=[N-])NC(=O)C(C)(C)C)c(=O)[nH]c1=O. The number of rotatable bonds is 12. The average molecular weight is 466 g/mol. The number of aryl methyl sites for hydroxylation is 1. The number of hydrogen-bond donors (Lipinski definition) is 3. The summed E-state index contributed by atoms with van der Waals surface area (Å²) in [7, 11) is 0. The quantitative estimate of drug-likeness (QED) is 0.177. The van der Waals surface area contributed by atoms with Crippen molar-refractivity contribution in [3.05, 3.63) is 43.0 Å². The molecule has 1 atom stereocenters. The first-order valence-electron chi connectivity index (χ1n) is 10.5. The lowest BCUT2D eigenvalue weighted by Crippen LogP contribution is -2.50. The Morgan fingerprint density at radius 2 is 1.97 bits per heavy atom. The number of carboxylic acid groups (broad SMARTS) is 1. The third-order valence-electron chi connectivity index (χ3n) is 4.75. The fourth-order valence-corrected chi connectivity index (χ4v) is 2.89. The number of aromatic nitrogens is 2. The van der Waals surface area contributed by atoms with Gasteiger partial charge in [-0.25, -0.2) is 4.79 Å². The van der Waals surface area contributed by atoms with Gasteiger partial charge < -0.3 is 15.3 Å². The number of amides is 2. The highest BCUT2D eigenvalue weighted by molar-refractivity contribution is 5.82. The molecule has 0 bridgehead atoms. The molecule has 0 aliphatic heterocycles. The topological polar surface area (TPSA) is 190 Å². The van der Waals surface area contributed by atoms with E-state index < -0.39 is 47.7 Å². The van der Waals surface area contributed by atoms with E-state index in [4.69, 9.17) is 5.53 Å². The maximum Gasteiger partial charge on any atom is 0.328 e. The zero-order valence-corrected chi connectivity index (χ0v) is 19.3. The molecule has 0 aliphatic carbocycles. The van der Waals surface area contributed by atoms with Crippen LogP contribution in [0.15, 0.2) is 20.9 Å². The molecule has 1 rings (SSSR count). The van der Waals surface area contributed by atoms with Gasteiger partial charge in [0.25, 0.3) is 5.56 Å². The van der Waals surface area contributed by atoms with Crippen molar-refractivity contribution in [1.29, 1.82) is 0 Å². The maximum atomic E-state index is 12.9. The zero-order valence-electron chi connectivity index (χ0n) is 19.3. The molecule has 13 heteroatoms. The molecule has 33 heavy (non-hydrogen) atoms. The Kier molecular flexibility index (Phi) is 10.3. The van der Waals surface area contributed by atoms with Crippen LogP contribution in [0.4, 0.5) is 0 Å². The first-order valence-corrected chi connectivity index (χ1v) is 10.5. The van der Waals surface area contributed by atoms with E-state index in [0.29, 0.717) is 19.3 Å². The number of aliphatic carboxylic acids is 1. The largest absolute Gasteiger partial charge is 0.480 e. The summed E-state index contributed by atoms with van der Waals surface area (Å²) in [5.74, 6) is -2.18. The highest BCUT2D eigenvalue weighted by Crippen LogP contribution is 2.15. The number of azide groups is 1. The molecule has 1 aromatic rings. The van der Waals surface area contributed by atoms with Crippen molar-refractivity contribution in [3.63, 3.8) is 0 Å². The highest BCUT2D eigenvalue weighted by atomic mass is 16.4. The summed E-state index contributed by atoms with van der Waals surface area (Å²) in [5.41, 5.74) is 6.54. The van der Waals surface area contributed by atoms with E-state index in [2.05, 4.69) is 20.3 Å². The molecule has 2 amide bonds. The number of nitrogens with zero attached hydrogens (tertiary/aromatic N) is 5. The van der Waals surface area contributed by atoms with Crippen molar-refractivity contribution in [2.24, 2.45) is 10.5 Å². The van der Waals surface area contributed by atoms with E-state index in [0.717, 1.165) is 9.47 Å². The monoisotopic (exact) mass is 465 g/mol. The van der Waals surface area contributed by atoms with Crippen molar-refractivity contribution in [3.8, 4) is 0 Å². The summed E-state index contributed by atoms with van der Waals surface area (Å²) in [5, 5.41) is 15.6. The van der Waals surface area contributed by atoms with Crippen LogP contribution >= 0.6 is 0 Å². The number of H-pyrrole nitrogens is 1. The molecule has 0 saturated heterocycles. The van der Waals surface area contributed by atoms with Gasteiger partial charge in [0.2, 0.25) is 11.8 Å². The lowest BCUT2D eigenvalue weighted by molar-refractivity contribution is -0.145. The zero-order chi connectivity index (χ0) is 25.2. The second-order valence-electron chi connectivity index (χ2n) is 8.74. The molecule has 1 aromatic heterocycles. The maximum absolute atomic E-state index is 12.9. The molecule has 1 unspecified atom stereocenters. The van der Waals surface area contributed by atoms with E-state index >= 15 is 0 Å². The van der Waals surface area contributed by atoms with E-state index in [1.807, 2.05) is 0 Å². The Hall–Kier alpha value is -3.60. The Balaban J connectivity index is 3.06. The number of carboxylic acids is 1. The van der Waals surface area contributed by atoms with Crippen LogP contribution in [0.3, 0.4) is 0 Å². The number of hydrogen-bond acceptors (Lipinski definition) is 6. The fourth-order valence-electron chi connectivity index (χ4n) is 2.89. The Labute approximate surface area is 190 Å². The molecular formula is C20H31N7O6. The third-order valence-corrected chi connectivity index (χ3v) is 4.75. The van der Waals surface area contributed by atoms with Crippen LogP contribution in [-0.4, -0.2) is 63.0 Å². The third kappa shape index (κ3) is 9.60. The molecule has 0 saturated carbocycles. The number of nitrogens with one attached hydrogen (secondary N) is 2. The summed E-state index contributed by atoms with van der Waals surface area (Å²) in [4.78, 5) is 66.1. The standard InChI is InChI=1S/C20H31N7O6/c1-13-9-27(19(33)24-17(13)31)11-15(28)26(12-16(29)30)10-14(7-5-6-8-22-25-21)23-18(32)20(2,3)4/h9,14H,5-8,10-12H2,1-4H3,(H,23,32)(H,29,30)(H,24,31,33). The van der Waals surface area contributed by atoms with Crippen molar-refractivity contribution < 1.29 is 19.5 Å². The number of carbonyl (C=O) groups is 3. The van der Waals surface area contributed by atoms with Gasteiger partial charge in [0.05, 0.1) is 0 Å². The lowest BCUT2D eigenvalue weighted by atomic mass is 9.94. The second-order valence-corrected chi connectivity index (χ2v) is 8.74. The van der Waals surface area contributed by atoms with Crippen LogP contribution in [0.5, 0.6) is 0 Å². The first kappa shape index (κ1) is 27.4. The number of carbonyl (C=O) groups excluding carboxylic acids is 2. The van der Waals surface area contributed by atoms with Gasteiger partial charge in [0.1, 0.15) is 13.1 Å². The predicted octanol–water partition coefficient (Wildman–Crippen LogP) is 0.770. The smallest absolute Gasteiger partial charge is 0.328 e. The van der Waals surface area contributed by atoms with Crippen LogP contribution < -0.4 is 16.6 Å². The first-order chi connectivity index (χ1) is 15.3. The number of aromatic amines is 1. The minimum Gasteiger partial charge on any atom is -0.480 e. The van der Waals surface area contributed by atoms with Crippen LogP contribution in [0.1, 0.15) is 45.6 Å². The Bertz CT molecular complexity index is 1020. The molecular weight excluding hydrogens is 434 g/mol. The van der Waals surface area contributed by atoms with E-state index in [-0.39, 0.29) is 24.6 Å². The van der Waals surface area contributed by atoms with Gasteiger partial charge in [0, 0.05) is 41.2 Å². The van der Waals surface area contributed by atoms with Gasteiger partial charge in [0.15, 0.2) is 0 Å². The van der Waals surface area contributed by atoms with Crippen molar-refractivity contribution in [1.82, 2.24) is 19.8 Å². The Morgan fingerprint density at radius 3 is 2.55 bits per heavy atom. The van der Waals surface area contributed by atoms with Gasteiger partial charge >= 0.3 is 11.7 Å². The van der Waals surface area contributed by atoms with Crippen LogP contribution in [0.25, 0.3) is 10.4 Å². The Morgan fingerprint density at radius 1 is 1.30 bits per heavy atom. The average Bonchev–Trinajstić information content (AvgIpc) is 2.70. The molecule has 1 heterocycles. The summed E-state index contributed by atoms with van der Waals surface area (Å²) in [6.45, 7) is 5.75. The minimum atomic E-state index is -1.25. The molecule has 0 radical (unpaired) electrons. The normalized spacial score (nSPS) is 11.9. The number of unbranched alkanes of at least 4 members (excludes halogenated alkanes) is 1. The molecule has 0 spiro atoms. The van der Waals surface area contributed by atoms with Crippen molar-refractivity contribution in [2.75, 3.05) is 19.6 Å². The predicted molar refractivity (Wildman–Crippen MR) is 120 cm³/mol. The van der Waals surface area contributed by atoms with E-state index in [1.54, 1.807) is 20.8 Å². The van der Waals surface area contributed by atoms with Gasteiger partial charge in [-0.2, -0.15) is 0 Å². The van der Waals surface area contributed by atoms with E-state index in [9.17, 15) is 29.1 Å². The summed E-state index contributed by atoms with van der Waals surface area (Å²) in [6.07, 6.45) is 2.78. The van der Waals surface area contributed by atoms with Crippen LogP contribution in [-0.2, 0) is 20.9 Å². The van der Waals surface area contributed by atoms with Crippen LogP contribution in [0, 0.1) is 12.3 Å². The minimum absolute atomic E-state index is 0.0917. The van der Waals surface area contributed by atoms with Gasteiger partial charge in [-0.15, -0.1) is 0 Å². The summed E-state index contributed by atoms with van der Waals surface area (Å²) < 4.78 is 0.997. The van der Waals surface area contributed by atoms with Gasteiger partial charge in [-0.05, 0) is 25.3 Å². The second kappa shape index (κ2) is 12.4. The molecule has 13 nitrogen and oxygen atoms in total. The van der Waals surface area contributed by atoms with Gasteiger partial charge in [-0.1, -0.05) is 32.3 Å². The lowest BCUT2D eigenvalue weighted by Gasteiger charge is -2.29. The summed E-state index contributed by atoms with van der Waals surface area (Å²) in [6, 6.07) is -0.555.